The van der Waals surface area contributed by atoms with Crippen LogP contribution in [0.5, 0.6) is 11.8 Å². The molecule has 0 spiro atoms. The molecular weight excluding hydrogens is 318 g/mol. The number of aromatic amines is 1. The van der Waals surface area contributed by atoms with Crippen molar-refractivity contribution in [3.8, 4) is 11.8 Å². The molecule has 0 atom stereocenters. The number of rotatable bonds is 2. The lowest BCUT2D eigenvalue weighted by molar-refractivity contribution is 0.448. The summed E-state index contributed by atoms with van der Waals surface area (Å²) in [5.41, 5.74) is 10.4. The van der Waals surface area contributed by atoms with Gasteiger partial charge in [0, 0.05) is 10.2 Å². The predicted molar refractivity (Wildman–Crippen MR) is 84.2 cm³/mol. The SMILES string of the molecule is Cc1cc(Oc2nc3ccc(N)cc3[nH]2)cc(C)c1Br. The van der Waals surface area contributed by atoms with Gasteiger partial charge in [0.2, 0.25) is 0 Å². The molecule has 2 aromatic carbocycles. The molecule has 0 aliphatic rings. The second-order valence-corrected chi connectivity index (χ2v) is 5.58. The molecule has 0 amide bonds. The van der Waals surface area contributed by atoms with E-state index >= 15 is 0 Å². The van der Waals surface area contributed by atoms with E-state index in [4.69, 9.17) is 10.5 Å². The Morgan fingerprint density at radius 3 is 2.55 bits per heavy atom. The van der Waals surface area contributed by atoms with Gasteiger partial charge in [-0.05, 0) is 55.3 Å². The average molecular weight is 332 g/mol. The Labute approximate surface area is 125 Å². The Morgan fingerprint density at radius 1 is 1.15 bits per heavy atom. The number of nitrogen functional groups attached to an aromatic ring is 1. The summed E-state index contributed by atoms with van der Waals surface area (Å²) in [5.74, 6) is 0.759. The van der Waals surface area contributed by atoms with E-state index in [0.717, 1.165) is 32.4 Å². The average Bonchev–Trinajstić information content (AvgIpc) is 2.77. The Bertz CT molecular complexity index is 772. The first-order valence-electron chi connectivity index (χ1n) is 6.23. The number of aryl methyl sites for hydroxylation is 2. The third-order valence-corrected chi connectivity index (χ3v) is 4.36. The van der Waals surface area contributed by atoms with Crippen molar-refractivity contribution < 1.29 is 4.74 Å². The van der Waals surface area contributed by atoms with Crippen LogP contribution in [0.25, 0.3) is 11.0 Å². The minimum atomic E-state index is 0.465. The van der Waals surface area contributed by atoms with Gasteiger partial charge in [-0.1, -0.05) is 15.9 Å². The fourth-order valence-corrected chi connectivity index (χ4v) is 2.36. The summed E-state index contributed by atoms with van der Waals surface area (Å²) in [6.45, 7) is 4.06. The lowest BCUT2D eigenvalue weighted by Crippen LogP contribution is -1.89. The number of imidazole rings is 1. The molecule has 102 valence electrons. The second-order valence-electron chi connectivity index (χ2n) is 4.79. The summed E-state index contributed by atoms with van der Waals surface area (Å²) in [5, 5.41) is 0. The Morgan fingerprint density at radius 2 is 1.85 bits per heavy atom. The van der Waals surface area contributed by atoms with Gasteiger partial charge in [-0.3, -0.25) is 0 Å². The van der Waals surface area contributed by atoms with Crippen LogP contribution in [0, 0.1) is 13.8 Å². The van der Waals surface area contributed by atoms with Crippen LogP contribution in [-0.4, -0.2) is 9.97 Å². The Kier molecular flexibility index (Phi) is 3.14. The number of nitrogens with zero attached hydrogens (tertiary/aromatic N) is 1. The monoisotopic (exact) mass is 331 g/mol. The molecule has 1 aromatic heterocycles. The van der Waals surface area contributed by atoms with Crippen molar-refractivity contribution in [2.24, 2.45) is 0 Å². The van der Waals surface area contributed by atoms with Gasteiger partial charge < -0.3 is 15.5 Å². The highest BCUT2D eigenvalue weighted by atomic mass is 79.9. The number of halogens is 1. The van der Waals surface area contributed by atoms with E-state index < -0.39 is 0 Å². The van der Waals surface area contributed by atoms with Gasteiger partial charge in [-0.15, -0.1) is 0 Å². The number of hydrogen-bond acceptors (Lipinski definition) is 3. The molecule has 1 heterocycles. The van der Waals surface area contributed by atoms with Crippen LogP contribution < -0.4 is 10.5 Å². The van der Waals surface area contributed by atoms with Crippen LogP contribution in [0.4, 0.5) is 5.69 Å². The largest absolute Gasteiger partial charge is 0.426 e. The van der Waals surface area contributed by atoms with Crippen molar-refractivity contribution in [1.82, 2.24) is 9.97 Å². The number of nitrogens with one attached hydrogen (secondary N) is 1. The lowest BCUT2D eigenvalue weighted by atomic mass is 10.1. The van der Waals surface area contributed by atoms with Gasteiger partial charge >= 0.3 is 0 Å². The summed E-state index contributed by atoms with van der Waals surface area (Å²) < 4.78 is 6.89. The minimum absolute atomic E-state index is 0.465. The van der Waals surface area contributed by atoms with Crippen molar-refractivity contribution in [3.63, 3.8) is 0 Å². The number of aromatic nitrogens is 2. The van der Waals surface area contributed by atoms with Gasteiger partial charge in [-0.25, -0.2) is 0 Å². The maximum atomic E-state index is 5.79. The summed E-state index contributed by atoms with van der Waals surface area (Å²) >= 11 is 3.54. The van der Waals surface area contributed by atoms with Crippen LogP contribution >= 0.6 is 15.9 Å². The van der Waals surface area contributed by atoms with Crippen molar-refractivity contribution in [1.29, 1.82) is 0 Å². The molecule has 0 fully saturated rings. The maximum Gasteiger partial charge on any atom is 0.300 e. The fraction of sp³-hybridized carbons (Fsp3) is 0.133. The molecule has 4 nitrogen and oxygen atoms in total. The van der Waals surface area contributed by atoms with Gasteiger partial charge in [0.15, 0.2) is 0 Å². The number of ether oxygens (including phenoxy) is 1. The van der Waals surface area contributed by atoms with Crippen molar-refractivity contribution >= 4 is 32.7 Å². The summed E-state index contributed by atoms with van der Waals surface area (Å²) in [7, 11) is 0. The van der Waals surface area contributed by atoms with E-state index in [2.05, 4.69) is 25.9 Å². The molecule has 20 heavy (non-hydrogen) atoms. The maximum absolute atomic E-state index is 5.79. The fourth-order valence-electron chi connectivity index (χ4n) is 2.13. The van der Waals surface area contributed by atoms with Gasteiger partial charge in [0.25, 0.3) is 6.01 Å². The molecule has 3 aromatic rings. The molecule has 0 aliphatic carbocycles. The highest BCUT2D eigenvalue weighted by molar-refractivity contribution is 9.10. The first-order chi connectivity index (χ1) is 9.52. The predicted octanol–water partition coefficient (Wildman–Crippen LogP) is 4.32. The zero-order chi connectivity index (χ0) is 14.3. The van der Waals surface area contributed by atoms with E-state index in [9.17, 15) is 0 Å². The van der Waals surface area contributed by atoms with Crippen LogP contribution in [-0.2, 0) is 0 Å². The van der Waals surface area contributed by atoms with E-state index in [1.807, 2.05) is 44.2 Å². The minimum Gasteiger partial charge on any atom is -0.426 e. The molecule has 0 saturated heterocycles. The van der Waals surface area contributed by atoms with Crippen molar-refractivity contribution in [2.45, 2.75) is 13.8 Å². The number of H-pyrrole nitrogens is 1. The second kappa shape index (κ2) is 4.83. The molecule has 0 bridgehead atoms. The molecular formula is C15H14BrN3O. The van der Waals surface area contributed by atoms with Crippen LogP contribution in [0.15, 0.2) is 34.8 Å². The number of benzene rings is 2. The summed E-state index contributed by atoms with van der Waals surface area (Å²) in [6, 6.07) is 9.93. The molecule has 0 saturated carbocycles. The van der Waals surface area contributed by atoms with E-state index in [1.54, 1.807) is 0 Å². The van der Waals surface area contributed by atoms with E-state index in [0.29, 0.717) is 11.7 Å². The molecule has 3 rings (SSSR count). The highest BCUT2D eigenvalue weighted by Crippen LogP contribution is 2.29. The molecule has 0 aliphatic heterocycles. The van der Waals surface area contributed by atoms with E-state index in [1.165, 1.54) is 0 Å². The van der Waals surface area contributed by atoms with Crippen LogP contribution in [0.3, 0.4) is 0 Å². The van der Waals surface area contributed by atoms with Crippen LogP contribution in [0.1, 0.15) is 11.1 Å². The first-order valence-corrected chi connectivity index (χ1v) is 7.02. The number of hydrogen-bond donors (Lipinski definition) is 2. The zero-order valence-electron chi connectivity index (χ0n) is 11.2. The van der Waals surface area contributed by atoms with Crippen molar-refractivity contribution in [2.75, 3.05) is 5.73 Å². The highest BCUT2D eigenvalue weighted by Gasteiger charge is 2.08. The molecule has 0 unspecified atom stereocenters. The van der Waals surface area contributed by atoms with E-state index in [-0.39, 0.29) is 0 Å². The third kappa shape index (κ3) is 2.36. The zero-order valence-corrected chi connectivity index (χ0v) is 12.8. The molecule has 3 N–H and O–H groups in total. The number of fused-ring (bicyclic) bond motifs is 1. The first kappa shape index (κ1) is 13.0. The Balaban J connectivity index is 1.96. The normalized spacial score (nSPS) is 10.9. The van der Waals surface area contributed by atoms with Crippen LogP contribution in [0.2, 0.25) is 0 Å². The standard InChI is InChI=1S/C15H14BrN3O/c1-8-5-11(6-9(2)14(8)16)20-15-18-12-4-3-10(17)7-13(12)19-15/h3-7H,17H2,1-2H3,(H,18,19). The quantitative estimate of drug-likeness (QED) is 0.687. The van der Waals surface area contributed by atoms with Gasteiger partial charge in [0.1, 0.15) is 5.75 Å². The third-order valence-electron chi connectivity index (χ3n) is 3.11. The van der Waals surface area contributed by atoms with Gasteiger partial charge in [0.05, 0.1) is 11.0 Å². The molecule has 5 heteroatoms. The number of anilines is 1. The lowest BCUT2D eigenvalue weighted by Gasteiger charge is -2.07. The van der Waals surface area contributed by atoms with Crippen molar-refractivity contribution in [3.05, 3.63) is 45.9 Å². The van der Waals surface area contributed by atoms with Gasteiger partial charge in [-0.2, -0.15) is 4.98 Å². The summed E-state index contributed by atoms with van der Waals surface area (Å²) in [4.78, 5) is 7.50. The Hall–Kier alpha value is -2.01. The topological polar surface area (TPSA) is 63.9 Å². The summed E-state index contributed by atoms with van der Waals surface area (Å²) in [6.07, 6.45) is 0. The number of nitrogens with two attached hydrogens (primary N) is 1. The smallest absolute Gasteiger partial charge is 0.300 e. The molecule has 0 radical (unpaired) electrons.